The Morgan fingerprint density at radius 3 is 2.18 bits per heavy atom. The first kappa shape index (κ1) is 14.8. The lowest BCUT2D eigenvalue weighted by Gasteiger charge is -2.14. The van der Waals surface area contributed by atoms with Gasteiger partial charge in [0, 0.05) is 6.42 Å². The number of carbonyl (C=O) groups is 1. The normalized spacial score (nSPS) is 13.5. The molecule has 0 spiro atoms. The van der Waals surface area contributed by atoms with Gasteiger partial charge in [0.25, 0.3) is 0 Å². The molecular weight excluding hydrogens is 272 g/mol. The molecule has 2 aromatic carbocycles. The van der Waals surface area contributed by atoms with Crippen molar-refractivity contribution in [1.29, 1.82) is 0 Å². The highest BCUT2D eigenvalue weighted by Gasteiger charge is 2.09. The van der Waals surface area contributed by atoms with Crippen molar-refractivity contribution in [3.8, 4) is 0 Å². The molecule has 4 aliphatic carbocycles. The second-order valence-corrected chi connectivity index (χ2v) is 6.00. The summed E-state index contributed by atoms with van der Waals surface area (Å²) in [5.74, 6) is -0.132. The van der Waals surface area contributed by atoms with Crippen molar-refractivity contribution >= 4 is 5.97 Å². The molecule has 0 heterocycles. The first-order valence-corrected chi connectivity index (χ1v) is 8.00. The van der Waals surface area contributed by atoms with Gasteiger partial charge in [0.05, 0.1) is 7.11 Å². The average molecular weight is 294 g/mol. The number of ether oxygens (including phenoxy) is 1. The summed E-state index contributed by atoms with van der Waals surface area (Å²) >= 11 is 0. The van der Waals surface area contributed by atoms with Crippen molar-refractivity contribution < 1.29 is 9.53 Å². The van der Waals surface area contributed by atoms with E-state index in [0.29, 0.717) is 6.42 Å². The van der Waals surface area contributed by atoms with E-state index in [-0.39, 0.29) is 5.97 Å². The topological polar surface area (TPSA) is 26.3 Å². The van der Waals surface area contributed by atoms with Gasteiger partial charge in [-0.2, -0.15) is 0 Å². The SMILES string of the molecule is COC(=O)CCc1cc2ccc1CCc1ccc(cc1)CC2. The van der Waals surface area contributed by atoms with Gasteiger partial charge in [-0.05, 0) is 59.9 Å². The number of hydrogen-bond acceptors (Lipinski definition) is 2. The zero-order valence-corrected chi connectivity index (χ0v) is 13.1. The molecule has 2 heteroatoms. The van der Waals surface area contributed by atoms with Gasteiger partial charge in [-0.25, -0.2) is 0 Å². The lowest BCUT2D eigenvalue weighted by atomic mass is 9.92. The fraction of sp³-hybridized carbons (Fsp3) is 0.350. The molecule has 0 aromatic heterocycles. The average Bonchev–Trinajstić information content (AvgIpc) is 2.55. The zero-order valence-electron chi connectivity index (χ0n) is 13.1. The molecule has 0 saturated carbocycles. The number of benzene rings is 2. The maximum Gasteiger partial charge on any atom is 0.305 e. The van der Waals surface area contributed by atoms with Crippen LogP contribution in [0.3, 0.4) is 0 Å². The molecule has 4 aliphatic rings. The molecule has 0 unspecified atom stereocenters. The Balaban J connectivity index is 1.85. The van der Waals surface area contributed by atoms with E-state index in [1.54, 1.807) is 0 Å². The highest BCUT2D eigenvalue weighted by atomic mass is 16.5. The van der Waals surface area contributed by atoms with Gasteiger partial charge < -0.3 is 4.74 Å². The van der Waals surface area contributed by atoms with Crippen LogP contribution in [0, 0.1) is 0 Å². The van der Waals surface area contributed by atoms with Crippen molar-refractivity contribution in [3.63, 3.8) is 0 Å². The van der Waals surface area contributed by atoms with E-state index in [4.69, 9.17) is 4.74 Å². The lowest BCUT2D eigenvalue weighted by Crippen LogP contribution is -2.06. The molecule has 0 aliphatic heterocycles. The van der Waals surface area contributed by atoms with E-state index >= 15 is 0 Å². The molecule has 2 nitrogen and oxygen atoms in total. The van der Waals surface area contributed by atoms with Crippen molar-refractivity contribution in [2.75, 3.05) is 7.11 Å². The van der Waals surface area contributed by atoms with E-state index in [2.05, 4.69) is 42.5 Å². The Bertz CT molecular complexity index is 656. The number of rotatable bonds is 3. The van der Waals surface area contributed by atoms with E-state index < -0.39 is 0 Å². The highest BCUT2D eigenvalue weighted by Crippen LogP contribution is 2.20. The molecule has 0 N–H and O–H groups in total. The summed E-state index contributed by atoms with van der Waals surface area (Å²) in [5, 5.41) is 0. The fourth-order valence-corrected chi connectivity index (χ4v) is 3.09. The van der Waals surface area contributed by atoms with Gasteiger partial charge in [-0.3, -0.25) is 4.79 Å². The molecule has 22 heavy (non-hydrogen) atoms. The van der Waals surface area contributed by atoms with Crippen LogP contribution in [-0.4, -0.2) is 13.1 Å². The summed E-state index contributed by atoms with van der Waals surface area (Å²) in [5.41, 5.74) is 6.79. The minimum Gasteiger partial charge on any atom is -0.469 e. The smallest absolute Gasteiger partial charge is 0.305 e. The summed E-state index contributed by atoms with van der Waals surface area (Å²) in [6, 6.07) is 15.8. The van der Waals surface area contributed by atoms with Gasteiger partial charge >= 0.3 is 5.97 Å². The molecule has 0 amide bonds. The second-order valence-electron chi connectivity index (χ2n) is 6.00. The quantitative estimate of drug-likeness (QED) is 0.807. The molecule has 6 rings (SSSR count). The summed E-state index contributed by atoms with van der Waals surface area (Å²) in [6.07, 6.45) is 5.41. The number of carbonyl (C=O) groups excluding carboxylic acids is 1. The van der Waals surface area contributed by atoms with E-state index in [1.807, 2.05) is 0 Å². The monoisotopic (exact) mass is 294 g/mol. The van der Waals surface area contributed by atoms with E-state index in [9.17, 15) is 4.79 Å². The zero-order chi connectivity index (χ0) is 15.4. The van der Waals surface area contributed by atoms with Crippen molar-refractivity contribution in [3.05, 3.63) is 70.3 Å². The largest absolute Gasteiger partial charge is 0.469 e. The predicted octanol–water partition coefficient (Wildman–Crippen LogP) is 3.68. The first-order chi connectivity index (χ1) is 10.7. The highest BCUT2D eigenvalue weighted by molar-refractivity contribution is 5.69. The third kappa shape index (κ3) is 3.56. The van der Waals surface area contributed by atoms with Gasteiger partial charge in [-0.15, -0.1) is 0 Å². The molecule has 0 fully saturated rings. The number of methoxy groups -OCH3 is 1. The molecule has 0 saturated heterocycles. The maximum absolute atomic E-state index is 11.4. The van der Waals surface area contributed by atoms with E-state index in [1.165, 1.54) is 34.9 Å². The Morgan fingerprint density at radius 1 is 0.909 bits per heavy atom. The van der Waals surface area contributed by atoms with Gasteiger partial charge in [0.2, 0.25) is 0 Å². The van der Waals surface area contributed by atoms with Crippen LogP contribution in [0.1, 0.15) is 34.2 Å². The second kappa shape index (κ2) is 6.78. The van der Waals surface area contributed by atoms with E-state index in [0.717, 1.165) is 32.1 Å². The van der Waals surface area contributed by atoms with Crippen LogP contribution in [0.4, 0.5) is 0 Å². The third-order valence-corrected chi connectivity index (χ3v) is 4.51. The Labute approximate surface area is 132 Å². The minimum absolute atomic E-state index is 0.132. The minimum atomic E-state index is -0.132. The summed E-state index contributed by atoms with van der Waals surface area (Å²) in [6.45, 7) is 0. The van der Waals surface area contributed by atoms with Crippen LogP contribution in [0.2, 0.25) is 0 Å². The third-order valence-electron chi connectivity index (χ3n) is 4.51. The van der Waals surface area contributed by atoms with Crippen molar-refractivity contribution in [1.82, 2.24) is 0 Å². The Morgan fingerprint density at radius 2 is 1.50 bits per heavy atom. The summed E-state index contributed by atoms with van der Waals surface area (Å²) in [4.78, 5) is 11.4. The predicted molar refractivity (Wildman–Crippen MR) is 88.0 cm³/mol. The molecule has 114 valence electrons. The first-order valence-electron chi connectivity index (χ1n) is 8.00. The number of aryl methyl sites for hydroxylation is 5. The Kier molecular flexibility index (Phi) is 4.57. The summed E-state index contributed by atoms with van der Waals surface area (Å²) < 4.78 is 4.77. The van der Waals surface area contributed by atoms with Crippen LogP contribution >= 0.6 is 0 Å². The molecule has 2 aromatic rings. The lowest BCUT2D eigenvalue weighted by molar-refractivity contribution is -0.140. The van der Waals surface area contributed by atoms with Gasteiger partial charge in [-0.1, -0.05) is 42.5 Å². The van der Waals surface area contributed by atoms with Crippen LogP contribution in [0.25, 0.3) is 0 Å². The van der Waals surface area contributed by atoms with Crippen LogP contribution in [0.5, 0.6) is 0 Å². The standard InChI is InChI=1S/C20H22O2/c1-22-20(21)13-12-19-14-17-7-6-15-2-4-16(5-3-15)8-10-18(19)11-9-17/h2-5,9,11,14H,6-8,10,12-13H2,1H3. The van der Waals surface area contributed by atoms with Crippen LogP contribution in [-0.2, 0) is 41.6 Å². The maximum atomic E-state index is 11.4. The van der Waals surface area contributed by atoms with Crippen LogP contribution < -0.4 is 0 Å². The van der Waals surface area contributed by atoms with Crippen molar-refractivity contribution in [2.24, 2.45) is 0 Å². The number of esters is 1. The van der Waals surface area contributed by atoms with Gasteiger partial charge in [0.15, 0.2) is 0 Å². The Hall–Kier alpha value is -2.09. The van der Waals surface area contributed by atoms with Crippen LogP contribution in [0.15, 0.2) is 42.5 Å². The fourth-order valence-electron chi connectivity index (χ4n) is 3.09. The molecular formula is C20H22O2. The molecule has 0 radical (unpaired) electrons. The molecule has 4 bridgehead atoms. The number of hydrogen-bond donors (Lipinski definition) is 0. The van der Waals surface area contributed by atoms with Gasteiger partial charge in [0.1, 0.15) is 0 Å². The summed E-state index contributed by atoms with van der Waals surface area (Å²) in [7, 11) is 1.45. The van der Waals surface area contributed by atoms with Crippen molar-refractivity contribution in [2.45, 2.75) is 38.5 Å². The molecule has 0 atom stereocenters.